The molecule has 0 aromatic carbocycles. The Bertz CT molecular complexity index is 287. The quantitative estimate of drug-likeness (QED) is 0.693. The van der Waals surface area contributed by atoms with Gasteiger partial charge >= 0.3 is 5.97 Å². The molecule has 0 saturated heterocycles. The predicted octanol–water partition coefficient (Wildman–Crippen LogP) is 1.13. The Balaban J connectivity index is 4.68. The number of amides is 1. The molecular weight excluding hydrogens is 220 g/mol. The van der Waals surface area contributed by atoms with Crippen LogP contribution in [0, 0.1) is 0 Å². The van der Waals surface area contributed by atoms with Crippen LogP contribution in [0.3, 0.4) is 0 Å². The summed E-state index contributed by atoms with van der Waals surface area (Å²) in [7, 11) is 0. The van der Waals surface area contributed by atoms with Gasteiger partial charge in [0.05, 0.1) is 12.5 Å². The Kier molecular flexibility index (Phi) is 5.13. The molecule has 0 aliphatic rings. The third-order valence-corrected chi connectivity index (χ3v) is 1.80. The first-order valence-electron chi connectivity index (χ1n) is 5.72. The summed E-state index contributed by atoms with van der Waals surface area (Å²) in [4.78, 5) is 22.7. The molecule has 0 aromatic heterocycles. The van der Waals surface area contributed by atoms with Gasteiger partial charge in [0.2, 0.25) is 5.91 Å². The Morgan fingerprint density at radius 2 is 1.53 bits per heavy atom. The largest absolute Gasteiger partial charge is 0.481 e. The standard InChI is InChI=1S/C12H24N2O3/c1-11(2,3)13-8(7-9(15)16)10(17)14-12(4,5)6/h8,13H,7H2,1-6H3,(H,14,17)(H,15,16). The van der Waals surface area contributed by atoms with Crippen LogP contribution in [0.5, 0.6) is 0 Å². The highest BCUT2D eigenvalue weighted by Crippen LogP contribution is 2.07. The number of hydrogen-bond donors (Lipinski definition) is 3. The minimum absolute atomic E-state index is 0.223. The summed E-state index contributed by atoms with van der Waals surface area (Å²) in [5.41, 5.74) is -0.678. The van der Waals surface area contributed by atoms with Gasteiger partial charge in [0, 0.05) is 11.1 Å². The van der Waals surface area contributed by atoms with Gasteiger partial charge in [-0.05, 0) is 41.5 Å². The fraction of sp³-hybridized carbons (Fsp3) is 0.833. The summed E-state index contributed by atoms with van der Waals surface area (Å²) in [5.74, 6) is -1.27. The first-order valence-corrected chi connectivity index (χ1v) is 5.72. The number of aliphatic carboxylic acids is 1. The third-order valence-electron chi connectivity index (χ3n) is 1.80. The van der Waals surface area contributed by atoms with Crippen LogP contribution in [0.25, 0.3) is 0 Å². The highest BCUT2D eigenvalue weighted by Gasteiger charge is 2.28. The van der Waals surface area contributed by atoms with Crippen LogP contribution in [0.2, 0.25) is 0 Å². The van der Waals surface area contributed by atoms with Crippen molar-refractivity contribution >= 4 is 11.9 Å². The molecule has 0 aromatic rings. The number of rotatable bonds is 4. The predicted molar refractivity (Wildman–Crippen MR) is 66.8 cm³/mol. The smallest absolute Gasteiger partial charge is 0.305 e. The number of carboxylic acids is 1. The van der Waals surface area contributed by atoms with Crippen molar-refractivity contribution in [2.75, 3.05) is 0 Å². The van der Waals surface area contributed by atoms with Crippen molar-refractivity contribution < 1.29 is 14.7 Å². The molecular formula is C12H24N2O3. The summed E-state index contributed by atoms with van der Waals surface area (Å²) in [5, 5.41) is 14.6. The molecule has 0 bridgehead atoms. The Hall–Kier alpha value is -1.10. The highest BCUT2D eigenvalue weighted by atomic mass is 16.4. The number of nitrogens with one attached hydrogen (secondary N) is 2. The van der Waals surface area contributed by atoms with E-state index in [1.54, 1.807) is 0 Å². The van der Waals surface area contributed by atoms with Crippen LogP contribution in [0.1, 0.15) is 48.0 Å². The van der Waals surface area contributed by atoms with Gasteiger partial charge in [-0.3, -0.25) is 9.59 Å². The minimum atomic E-state index is -0.990. The number of hydrogen-bond acceptors (Lipinski definition) is 3. The van der Waals surface area contributed by atoms with Crippen molar-refractivity contribution in [1.82, 2.24) is 10.6 Å². The van der Waals surface area contributed by atoms with Crippen molar-refractivity contribution in [3.63, 3.8) is 0 Å². The molecule has 17 heavy (non-hydrogen) atoms. The molecule has 0 heterocycles. The fourth-order valence-electron chi connectivity index (χ4n) is 1.36. The van der Waals surface area contributed by atoms with Gasteiger partial charge in [-0.1, -0.05) is 0 Å². The lowest BCUT2D eigenvalue weighted by Crippen LogP contribution is -2.55. The summed E-state index contributed by atoms with van der Waals surface area (Å²) in [6.07, 6.45) is -0.223. The van der Waals surface area contributed by atoms with E-state index in [1.807, 2.05) is 41.5 Å². The molecule has 100 valence electrons. The molecule has 0 aliphatic heterocycles. The van der Waals surface area contributed by atoms with Gasteiger partial charge < -0.3 is 15.7 Å². The SMILES string of the molecule is CC(C)(C)NC(=O)C(CC(=O)O)NC(C)(C)C. The number of carboxylic acid groups (broad SMARTS) is 1. The van der Waals surface area contributed by atoms with E-state index in [0.717, 1.165) is 0 Å². The Morgan fingerprint density at radius 1 is 1.06 bits per heavy atom. The van der Waals surface area contributed by atoms with Crippen LogP contribution in [-0.4, -0.2) is 34.1 Å². The van der Waals surface area contributed by atoms with Gasteiger partial charge in [-0.2, -0.15) is 0 Å². The molecule has 0 rings (SSSR count). The zero-order chi connectivity index (χ0) is 13.9. The molecule has 0 radical (unpaired) electrons. The topological polar surface area (TPSA) is 78.4 Å². The van der Waals surface area contributed by atoms with Crippen molar-refractivity contribution in [3.8, 4) is 0 Å². The summed E-state index contributed by atoms with van der Waals surface area (Å²) >= 11 is 0. The van der Waals surface area contributed by atoms with Crippen molar-refractivity contribution in [2.45, 2.75) is 65.1 Å². The normalized spacial score (nSPS) is 14.2. The molecule has 0 aliphatic carbocycles. The minimum Gasteiger partial charge on any atom is -0.481 e. The molecule has 1 amide bonds. The molecule has 1 unspecified atom stereocenters. The Morgan fingerprint density at radius 3 is 1.82 bits per heavy atom. The molecule has 0 spiro atoms. The molecule has 0 saturated carbocycles. The van der Waals surface area contributed by atoms with E-state index in [4.69, 9.17) is 5.11 Å². The van der Waals surface area contributed by atoms with E-state index >= 15 is 0 Å². The third kappa shape index (κ3) is 8.68. The van der Waals surface area contributed by atoms with Crippen LogP contribution in [0.15, 0.2) is 0 Å². The zero-order valence-corrected chi connectivity index (χ0v) is 11.5. The van der Waals surface area contributed by atoms with Crippen LogP contribution in [-0.2, 0) is 9.59 Å². The van der Waals surface area contributed by atoms with Gasteiger partial charge in [-0.15, -0.1) is 0 Å². The van der Waals surface area contributed by atoms with E-state index in [1.165, 1.54) is 0 Å². The second kappa shape index (κ2) is 5.49. The summed E-state index contributed by atoms with van der Waals surface area (Å²) in [6.45, 7) is 11.3. The van der Waals surface area contributed by atoms with Gasteiger partial charge in [0.1, 0.15) is 0 Å². The molecule has 0 fully saturated rings. The van der Waals surface area contributed by atoms with Crippen LogP contribution in [0.4, 0.5) is 0 Å². The van der Waals surface area contributed by atoms with Crippen molar-refractivity contribution in [2.24, 2.45) is 0 Å². The van der Waals surface area contributed by atoms with Crippen LogP contribution < -0.4 is 10.6 Å². The van der Waals surface area contributed by atoms with E-state index in [2.05, 4.69) is 10.6 Å². The highest BCUT2D eigenvalue weighted by molar-refractivity contribution is 5.86. The van der Waals surface area contributed by atoms with Crippen LogP contribution >= 0.6 is 0 Å². The second-order valence-electron chi connectivity index (χ2n) is 6.28. The van der Waals surface area contributed by atoms with Crippen molar-refractivity contribution in [1.29, 1.82) is 0 Å². The molecule has 3 N–H and O–H groups in total. The van der Waals surface area contributed by atoms with E-state index in [0.29, 0.717) is 0 Å². The molecule has 1 atom stereocenters. The van der Waals surface area contributed by atoms with Gasteiger partial charge in [-0.25, -0.2) is 0 Å². The average molecular weight is 244 g/mol. The maximum Gasteiger partial charge on any atom is 0.305 e. The second-order valence-corrected chi connectivity index (χ2v) is 6.28. The van der Waals surface area contributed by atoms with Gasteiger partial charge in [0.25, 0.3) is 0 Å². The first kappa shape index (κ1) is 15.9. The Labute approximate surface area is 103 Å². The first-order chi connectivity index (χ1) is 7.41. The molecule has 5 nitrogen and oxygen atoms in total. The maximum atomic E-state index is 11.9. The fourth-order valence-corrected chi connectivity index (χ4v) is 1.36. The zero-order valence-electron chi connectivity index (χ0n) is 11.5. The van der Waals surface area contributed by atoms with Gasteiger partial charge in [0.15, 0.2) is 0 Å². The van der Waals surface area contributed by atoms with E-state index in [9.17, 15) is 9.59 Å². The van der Waals surface area contributed by atoms with Crippen molar-refractivity contribution in [3.05, 3.63) is 0 Å². The summed E-state index contributed by atoms with van der Waals surface area (Å²) < 4.78 is 0. The summed E-state index contributed by atoms with van der Waals surface area (Å²) in [6, 6.07) is -0.716. The average Bonchev–Trinajstić information content (AvgIpc) is 1.95. The monoisotopic (exact) mass is 244 g/mol. The van der Waals surface area contributed by atoms with E-state index in [-0.39, 0.29) is 23.4 Å². The molecule has 5 heteroatoms. The van der Waals surface area contributed by atoms with E-state index < -0.39 is 12.0 Å². The number of carbonyl (C=O) groups excluding carboxylic acids is 1. The number of carbonyl (C=O) groups is 2. The maximum absolute atomic E-state index is 11.9. The lowest BCUT2D eigenvalue weighted by Gasteiger charge is -2.30. The lowest BCUT2D eigenvalue weighted by atomic mass is 10.0. The lowest BCUT2D eigenvalue weighted by molar-refractivity contribution is -0.140.